The van der Waals surface area contributed by atoms with Crippen LogP contribution >= 0.6 is 11.3 Å². The average Bonchev–Trinajstić information content (AvgIpc) is 3.47. The number of ether oxygens (including phenoxy) is 1. The molecular weight excluding hydrogens is 404 g/mol. The maximum Gasteiger partial charge on any atom is 0.341 e. The molecule has 0 unspecified atom stereocenters. The van der Waals surface area contributed by atoms with Crippen LogP contribution in [0.5, 0.6) is 5.95 Å². The molecule has 4 rings (SSSR count). The molecule has 0 spiro atoms. The van der Waals surface area contributed by atoms with E-state index < -0.39 is 11.9 Å². The smallest absolute Gasteiger partial charge is 0.341 e. The molecule has 0 atom stereocenters. The molecule has 4 aromatic rings. The van der Waals surface area contributed by atoms with Crippen molar-refractivity contribution < 1.29 is 23.5 Å². The Bertz CT molecular complexity index is 1190. The van der Waals surface area contributed by atoms with Crippen molar-refractivity contribution in [3.8, 4) is 28.7 Å². The van der Waals surface area contributed by atoms with Gasteiger partial charge >= 0.3 is 11.9 Å². The lowest BCUT2D eigenvalue weighted by Gasteiger charge is -2.06. The van der Waals surface area contributed by atoms with Crippen LogP contribution < -0.4 is 0 Å². The molecule has 0 aliphatic rings. The van der Waals surface area contributed by atoms with Gasteiger partial charge in [-0.1, -0.05) is 29.8 Å². The van der Waals surface area contributed by atoms with Crippen molar-refractivity contribution in [2.24, 2.45) is 4.99 Å². The highest BCUT2D eigenvalue weighted by atomic mass is 32.1. The van der Waals surface area contributed by atoms with Crippen molar-refractivity contribution in [2.75, 3.05) is 6.61 Å². The molecule has 0 bridgehead atoms. The van der Waals surface area contributed by atoms with Gasteiger partial charge in [-0.15, -0.1) is 11.3 Å². The van der Waals surface area contributed by atoms with E-state index in [2.05, 4.69) is 9.98 Å². The number of oxazole rings is 1. The van der Waals surface area contributed by atoms with Crippen LogP contribution in [0.1, 0.15) is 28.5 Å². The van der Waals surface area contributed by atoms with E-state index >= 15 is 0 Å². The first-order valence-corrected chi connectivity index (χ1v) is 10.1. The monoisotopic (exact) mass is 422 g/mol. The SMILES string of the molecule is CCOC(=O)c1c(-c2ccc(C)cc2)csc1/N=C/c1nc(-c2ccco2)oc1O. The number of carbonyl (C=O) groups is 1. The van der Waals surface area contributed by atoms with Crippen LogP contribution in [0.15, 0.2) is 61.9 Å². The summed E-state index contributed by atoms with van der Waals surface area (Å²) < 4.78 is 15.7. The maximum atomic E-state index is 12.6. The minimum atomic E-state index is -0.456. The van der Waals surface area contributed by atoms with E-state index in [0.717, 1.165) is 16.7 Å². The summed E-state index contributed by atoms with van der Waals surface area (Å²) in [4.78, 5) is 21.2. The second kappa shape index (κ2) is 8.38. The summed E-state index contributed by atoms with van der Waals surface area (Å²) >= 11 is 1.30. The number of aromatic nitrogens is 1. The number of benzene rings is 1. The molecule has 0 radical (unpaired) electrons. The Morgan fingerprint density at radius 3 is 2.80 bits per heavy atom. The van der Waals surface area contributed by atoms with Gasteiger partial charge in [0.05, 0.1) is 19.1 Å². The van der Waals surface area contributed by atoms with Crippen LogP contribution in [0.25, 0.3) is 22.8 Å². The minimum absolute atomic E-state index is 0.126. The molecule has 7 nitrogen and oxygen atoms in total. The molecule has 0 fully saturated rings. The van der Waals surface area contributed by atoms with Crippen molar-refractivity contribution in [3.63, 3.8) is 0 Å². The lowest BCUT2D eigenvalue weighted by molar-refractivity contribution is 0.0529. The number of nitrogens with zero attached hydrogens (tertiary/aromatic N) is 2. The van der Waals surface area contributed by atoms with Gasteiger partial charge in [-0.05, 0) is 31.5 Å². The molecule has 152 valence electrons. The molecular formula is C22H18N2O5S. The quantitative estimate of drug-likeness (QED) is 0.321. The van der Waals surface area contributed by atoms with Gasteiger partial charge in [0.15, 0.2) is 11.5 Å². The number of aliphatic imine (C=N–C) groups is 1. The Kier molecular flexibility index (Phi) is 5.49. The highest BCUT2D eigenvalue weighted by Gasteiger charge is 2.22. The molecule has 3 aromatic heterocycles. The minimum Gasteiger partial charge on any atom is -0.479 e. The summed E-state index contributed by atoms with van der Waals surface area (Å²) in [7, 11) is 0. The van der Waals surface area contributed by atoms with E-state index in [4.69, 9.17) is 13.6 Å². The first-order valence-electron chi connectivity index (χ1n) is 9.20. The van der Waals surface area contributed by atoms with Gasteiger partial charge in [-0.3, -0.25) is 0 Å². The van der Waals surface area contributed by atoms with Crippen molar-refractivity contribution in [2.45, 2.75) is 13.8 Å². The number of hydrogen-bond acceptors (Lipinski definition) is 8. The number of carbonyl (C=O) groups excluding carboxylic acids is 1. The van der Waals surface area contributed by atoms with E-state index in [1.54, 1.807) is 19.1 Å². The molecule has 8 heteroatoms. The predicted octanol–water partition coefficient (Wildman–Crippen LogP) is 5.60. The van der Waals surface area contributed by atoms with Gasteiger partial charge in [-0.2, -0.15) is 0 Å². The molecule has 0 saturated carbocycles. The molecule has 1 N–H and O–H groups in total. The lowest BCUT2D eigenvalue weighted by Crippen LogP contribution is -2.05. The van der Waals surface area contributed by atoms with Crippen molar-refractivity contribution in [1.29, 1.82) is 0 Å². The zero-order chi connectivity index (χ0) is 21.1. The first kappa shape index (κ1) is 19.7. The van der Waals surface area contributed by atoms with Crippen LogP contribution in [0, 0.1) is 6.92 Å². The van der Waals surface area contributed by atoms with E-state index in [1.807, 2.05) is 36.6 Å². The number of rotatable bonds is 6. The highest BCUT2D eigenvalue weighted by Crippen LogP contribution is 2.38. The van der Waals surface area contributed by atoms with E-state index in [0.29, 0.717) is 16.3 Å². The fraction of sp³-hybridized carbons (Fsp3) is 0.136. The van der Waals surface area contributed by atoms with Gasteiger partial charge in [0.2, 0.25) is 0 Å². The topological polar surface area (TPSA) is 98.1 Å². The normalized spacial score (nSPS) is 11.3. The second-order valence-electron chi connectivity index (χ2n) is 6.36. The molecule has 30 heavy (non-hydrogen) atoms. The standard InChI is InChI=1S/C22H18N2O5S/c1-3-27-22(26)18-15(14-8-6-13(2)7-9-14)12-30-20(18)23-11-16-21(25)29-19(24-16)17-5-4-10-28-17/h4-12,25H,3H2,1-2H3/b23-11+. The van der Waals surface area contributed by atoms with Crippen LogP contribution in [-0.4, -0.2) is 28.9 Å². The molecule has 0 aliphatic carbocycles. The van der Waals surface area contributed by atoms with Gasteiger partial charge in [0.25, 0.3) is 5.89 Å². The Hall–Kier alpha value is -3.65. The Labute approximate surface area is 176 Å². The van der Waals surface area contributed by atoms with Gasteiger partial charge in [0.1, 0.15) is 10.6 Å². The number of hydrogen-bond donors (Lipinski definition) is 1. The summed E-state index contributed by atoms with van der Waals surface area (Å²) in [6, 6.07) is 11.2. The van der Waals surface area contributed by atoms with Gasteiger partial charge in [0, 0.05) is 10.9 Å². The fourth-order valence-electron chi connectivity index (χ4n) is 2.82. The van der Waals surface area contributed by atoms with Crippen molar-refractivity contribution in [1.82, 2.24) is 4.98 Å². The van der Waals surface area contributed by atoms with E-state index in [9.17, 15) is 9.90 Å². The zero-order valence-corrected chi connectivity index (χ0v) is 17.1. The molecule has 0 amide bonds. The number of esters is 1. The third-order valence-electron chi connectivity index (χ3n) is 4.28. The van der Waals surface area contributed by atoms with Crippen LogP contribution in [-0.2, 0) is 4.74 Å². The Balaban J connectivity index is 1.70. The summed E-state index contributed by atoms with van der Waals surface area (Å²) in [5.41, 5.74) is 3.26. The summed E-state index contributed by atoms with van der Waals surface area (Å²) in [6.07, 6.45) is 2.83. The average molecular weight is 422 g/mol. The van der Waals surface area contributed by atoms with Crippen LogP contribution in [0.3, 0.4) is 0 Å². The third kappa shape index (κ3) is 3.90. The lowest BCUT2D eigenvalue weighted by atomic mass is 10.0. The van der Waals surface area contributed by atoms with Crippen LogP contribution in [0.2, 0.25) is 0 Å². The number of aromatic hydroxyl groups is 1. The number of aryl methyl sites for hydroxylation is 1. The Morgan fingerprint density at radius 1 is 1.30 bits per heavy atom. The fourth-order valence-corrected chi connectivity index (χ4v) is 3.73. The molecule has 0 saturated heterocycles. The molecule has 3 heterocycles. The van der Waals surface area contributed by atoms with E-state index in [-0.39, 0.29) is 18.2 Å². The van der Waals surface area contributed by atoms with Gasteiger partial charge < -0.3 is 18.7 Å². The van der Waals surface area contributed by atoms with Crippen molar-refractivity contribution in [3.05, 3.63) is 64.9 Å². The maximum absolute atomic E-state index is 12.6. The molecule has 0 aliphatic heterocycles. The largest absolute Gasteiger partial charge is 0.479 e. The second-order valence-corrected chi connectivity index (χ2v) is 7.22. The zero-order valence-electron chi connectivity index (χ0n) is 16.3. The summed E-state index contributed by atoms with van der Waals surface area (Å²) in [5, 5.41) is 12.3. The predicted molar refractivity (Wildman–Crippen MR) is 114 cm³/mol. The van der Waals surface area contributed by atoms with E-state index in [1.165, 1.54) is 23.8 Å². The van der Waals surface area contributed by atoms with Gasteiger partial charge in [-0.25, -0.2) is 14.8 Å². The Morgan fingerprint density at radius 2 is 2.10 bits per heavy atom. The third-order valence-corrected chi connectivity index (χ3v) is 5.17. The van der Waals surface area contributed by atoms with Crippen LogP contribution in [0.4, 0.5) is 5.00 Å². The van der Waals surface area contributed by atoms with Crippen molar-refractivity contribution >= 4 is 28.5 Å². The molecule has 1 aromatic carbocycles. The first-order chi connectivity index (χ1) is 14.6. The number of furan rings is 1. The highest BCUT2D eigenvalue weighted by molar-refractivity contribution is 7.14. The summed E-state index contributed by atoms with van der Waals surface area (Å²) in [5.74, 6) is -0.327. The summed E-state index contributed by atoms with van der Waals surface area (Å²) in [6.45, 7) is 4.00. The number of thiophene rings is 1.